The smallest absolute Gasteiger partial charge is 0.407 e. The molecule has 1 saturated heterocycles. The molecule has 8 atom stereocenters. The van der Waals surface area contributed by atoms with Crippen molar-refractivity contribution in [3.05, 3.63) is 0 Å². The lowest BCUT2D eigenvalue weighted by Gasteiger charge is -2.44. The van der Waals surface area contributed by atoms with E-state index in [9.17, 15) is 24.0 Å². The molecule has 1 saturated carbocycles. The van der Waals surface area contributed by atoms with E-state index in [0.29, 0.717) is 24.4 Å². The maximum atomic E-state index is 12.0. The molecule has 0 aromatic rings. The summed E-state index contributed by atoms with van der Waals surface area (Å²) in [5.74, 6) is 5.20. The number of nitrogens with one attached hydrogen (secondary N) is 1. The zero-order valence-electron chi connectivity index (χ0n) is 26.8. The molecule has 0 aromatic carbocycles. The van der Waals surface area contributed by atoms with Crippen LogP contribution >= 0.6 is 0 Å². The fourth-order valence-corrected chi connectivity index (χ4v) is 5.60. The van der Waals surface area contributed by atoms with Gasteiger partial charge < -0.3 is 47.9 Å². The van der Waals surface area contributed by atoms with Crippen LogP contribution in [-0.4, -0.2) is 113 Å². The molecule has 258 valence electrons. The summed E-state index contributed by atoms with van der Waals surface area (Å²) in [6.45, 7) is 5.78. The van der Waals surface area contributed by atoms with E-state index in [4.69, 9.17) is 42.6 Å². The quantitative estimate of drug-likeness (QED) is 0.102. The fourth-order valence-electron chi connectivity index (χ4n) is 5.60. The normalized spacial score (nSPS) is 28.1. The van der Waals surface area contributed by atoms with Gasteiger partial charge in [-0.3, -0.25) is 19.2 Å². The van der Waals surface area contributed by atoms with E-state index in [1.807, 2.05) is 0 Å². The minimum atomic E-state index is -1.31. The van der Waals surface area contributed by atoms with Gasteiger partial charge in [-0.15, -0.1) is 11.8 Å². The third kappa shape index (κ3) is 12.7. The lowest BCUT2D eigenvalue weighted by Crippen LogP contribution is -2.63. The Morgan fingerprint density at radius 1 is 0.674 bits per heavy atom. The first kappa shape index (κ1) is 37.0. The Morgan fingerprint density at radius 2 is 1.24 bits per heavy atom. The number of rotatable bonds is 17. The van der Waals surface area contributed by atoms with Crippen molar-refractivity contribution in [2.24, 2.45) is 17.8 Å². The molecule has 15 heteroatoms. The minimum absolute atomic E-state index is 0.0309. The third-order valence-electron chi connectivity index (χ3n) is 7.59. The van der Waals surface area contributed by atoms with Crippen molar-refractivity contribution in [2.45, 2.75) is 84.1 Å². The van der Waals surface area contributed by atoms with Crippen LogP contribution in [0.25, 0.3) is 0 Å². The molecule has 3 rings (SSSR count). The molecular formula is C31H45NO14. The lowest BCUT2D eigenvalue weighted by atomic mass is 9.98. The van der Waals surface area contributed by atoms with E-state index in [1.165, 1.54) is 6.92 Å². The second kappa shape index (κ2) is 19.3. The largest absolute Gasteiger partial charge is 0.463 e. The topological polar surface area (TPSA) is 180 Å². The number of esters is 4. The van der Waals surface area contributed by atoms with E-state index in [1.54, 1.807) is 0 Å². The standard InChI is InChI=1S/C31H45NO14/c1-19(33)41-18-26-27(43-20(2)34)28(44-21(3)35)29(45-22(4)36)30(46-26)40-16-15-39-14-13-38-12-11-32-31(37)42-17-25-23-9-7-5-6-8-10-24(23)25/h23-30H,7-18H2,1-4H3,(H,32,37)/t23-,24+,25?,26?,27?,28?,29?,30?. The molecule has 2 fully saturated rings. The number of hydrogen-bond acceptors (Lipinski definition) is 14. The Bertz CT molecular complexity index is 1080. The second-order valence-corrected chi connectivity index (χ2v) is 11.1. The van der Waals surface area contributed by atoms with E-state index in [-0.39, 0.29) is 46.2 Å². The molecule has 2 aliphatic carbocycles. The number of fused-ring (bicyclic) bond motifs is 1. The van der Waals surface area contributed by atoms with Crippen molar-refractivity contribution < 1.29 is 66.6 Å². The summed E-state index contributed by atoms with van der Waals surface area (Å²) in [5, 5.41) is 2.68. The summed E-state index contributed by atoms with van der Waals surface area (Å²) in [6.07, 6.45) is -2.74. The maximum Gasteiger partial charge on any atom is 0.407 e. The van der Waals surface area contributed by atoms with Crippen LogP contribution in [0.15, 0.2) is 0 Å². The number of carbonyl (C=O) groups excluding carboxylic acids is 5. The predicted octanol–water partition coefficient (Wildman–Crippen LogP) is 1.29. The van der Waals surface area contributed by atoms with Crippen LogP contribution < -0.4 is 5.32 Å². The van der Waals surface area contributed by atoms with E-state index >= 15 is 0 Å². The summed E-state index contributed by atoms with van der Waals surface area (Å²) in [4.78, 5) is 59.0. The van der Waals surface area contributed by atoms with Gasteiger partial charge in [0.1, 0.15) is 12.7 Å². The van der Waals surface area contributed by atoms with Gasteiger partial charge in [0.25, 0.3) is 0 Å². The molecule has 6 unspecified atom stereocenters. The molecule has 0 spiro atoms. The highest BCUT2D eigenvalue weighted by atomic mass is 16.7. The number of alkyl carbamates (subject to hydrolysis) is 1. The minimum Gasteiger partial charge on any atom is -0.463 e. The monoisotopic (exact) mass is 655 g/mol. The predicted molar refractivity (Wildman–Crippen MR) is 156 cm³/mol. The van der Waals surface area contributed by atoms with Crippen LogP contribution in [-0.2, 0) is 61.8 Å². The first-order valence-electron chi connectivity index (χ1n) is 15.5. The molecule has 46 heavy (non-hydrogen) atoms. The van der Waals surface area contributed by atoms with Crippen molar-refractivity contribution >= 4 is 30.0 Å². The highest BCUT2D eigenvalue weighted by Gasteiger charge is 2.53. The van der Waals surface area contributed by atoms with E-state index in [2.05, 4.69) is 17.2 Å². The summed E-state index contributed by atoms with van der Waals surface area (Å²) < 4.78 is 49.1. The Labute approximate surface area is 268 Å². The number of hydrogen-bond donors (Lipinski definition) is 1. The third-order valence-corrected chi connectivity index (χ3v) is 7.59. The second-order valence-electron chi connectivity index (χ2n) is 11.1. The number of ether oxygens (including phenoxy) is 9. The number of amides is 1. The van der Waals surface area contributed by atoms with Gasteiger partial charge in [-0.25, -0.2) is 4.79 Å². The average molecular weight is 656 g/mol. The fraction of sp³-hybridized carbons (Fsp3) is 0.774. The van der Waals surface area contributed by atoms with Gasteiger partial charge in [0, 0.05) is 47.1 Å². The van der Waals surface area contributed by atoms with Gasteiger partial charge in [0.15, 0.2) is 24.6 Å². The average Bonchev–Trinajstić information content (AvgIpc) is 3.62. The number of carbonyl (C=O) groups is 5. The SMILES string of the molecule is CC(=O)OCC1OC(OCCOCCOCCNC(=O)OCC2[C@H]3CCC#CCC[C@@H]23)C(OC(C)=O)C(OC(C)=O)C1OC(C)=O. The Balaban J connectivity index is 1.34. The van der Waals surface area contributed by atoms with Gasteiger partial charge in [0.2, 0.25) is 0 Å². The van der Waals surface area contributed by atoms with Crippen LogP contribution in [0.5, 0.6) is 0 Å². The van der Waals surface area contributed by atoms with E-state index < -0.39 is 60.7 Å². The molecule has 1 heterocycles. The Morgan fingerprint density at radius 3 is 1.85 bits per heavy atom. The van der Waals surface area contributed by atoms with Gasteiger partial charge in [-0.2, -0.15) is 0 Å². The van der Waals surface area contributed by atoms with Crippen LogP contribution in [0.2, 0.25) is 0 Å². The van der Waals surface area contributed by atoms with Crippen molar-refractivity contribution in [2.75, 3.05) is 52.8 Å². The molecule has 0 radical (unpaired) electrons. The van der Waals surface area contributed by atoms with Gasteiger partial charge in [-0.05, 0) is 30.6 Å². The summed E-state index contributed by atoms with van der Waals surface area (Å²) in [6, 6.07) is 0. The molecule has 15 nitrogen and oxygen atoms in total. The molecule has 1 N–H and O–H groups in total. The van der Waals surface area contributed by atoms with Gasteiger partial charge in [0.05, 0.1) is 39.6 Å². The molecule has 1 aliphatic heterocycles. The van der Waals surface area contributed by atoms with Crippen molar-refractivity contribution in [1.82, 2.24) is 5.32 Å². The van der Waals surface area contributed by atoms with Crippen LogP contribution in [0.4, 0.5) is 4.79 Å². The van der Waals surface area contributed by atoms with Crippen LogP contribution in [0.3, 0.4) is 0 Å². The molecule has 0 aromatic heterocycles. The summed E-state index contributed by atoms with van der Waals surface area (Å²) in [5.41, 5.74) is 0. The van der Waals surface area contributed by atoms with Gasteiger partial charge in [-0.1, -0.05) is 0 Å². The summed E-state index contributed by atoms with van der Waals surface area (Å²) >= 11 is 0. The van der Waals surface area contributed by atoms with E-state index in [0.717, 1.165) is 46.5 Å². The van der Waals surface area contributed by atoms with Gasteiger partial charge >= 0.3 is 30.0 Å². The lowest BCUT2D eigenvalue weighted by molar-refractivity contribution is -0.309. The highest BCUT2D eigenvalue weighted by molar-refractivity contribution is 5.69. The first-order valence-corrected chi connectivity index (χ1v) is 15.5. The molecule has 1 amide bonds. The highest BCUT2D eigenvalue weighted by Crippen LogP contribution is 2.52. The molecular weight excluding hydrogens is 610 g/mol. The van der Waals surface area contributed by atoms with Crippen LogP contribution in [0.1, 0.15) is 53.4 Å². The maximum absolute atomic E-state index is 12.0. The zero-order valence-corrected chi connectivity index (χ0v) is 26.8. The first-order chi connectivity index (χ1) is 22.1. The Hall–Kier alpha value is -3.45. The zero-order chi connectivity index (χ0) is 33.5. The van der Waals surface area contributed by atoms with Crippen LogP contribution in [0, 0.1) is 29.6 Å². The Kier molecular flexibility index (Phi) is 15.5. The molecule has 3 aliphatic rings. The van der Waals surface area contributed by atoms with Crippen molar-refractivity contribution in [1.29, 1.82) is 0 Å². The van der Waals surface area contributed by atoms with Crippen molar-refractivity contribution in [3.8, 4) is 11.8 Å². The van der Waals surface area contributed by atoms with Crippen molar-refractivity contribution in [3.63, 3.8) is 0 Å². The summed E-state index contributed by atoms with van der Waals surface area (Å²) in [7, 11) is 0. The molecule has 0 bridgehead atoms.